The molecule has 0 amide bonds. The van der Waals surface area contributed by atoms with Gasteiger partial charge in [-0.15, -0.1) is 0 Å². The van der Waals surface area contributed by atoms with E-state index in [0.29, 0.717) is 36.0 Å². The normalized spacial score (nSPS) is 10.1. The molecule has 1 aromatic carbocycles. The molecular formula is C18H21N3O7. The summed E-state index contributed by atoms with van der Waals surface area (Å²) in [6.07, 6.45) is 1.70. The summed E-state index contributed by atoms with van der Waals surface area (Å²) >= 11 is 0. The van der Waals surface area contributed by atoms with Crippen LogP contribution in [-0.4, -0.2) is 50.4 Å². The summed E-state index contributed by atoms with van der Waals surface area (Å²) in [5, 5.41) is 13.6. The number of aromatic nitrogens is 1. The number of pyridine rings is 1. The summed E-state index contributed by atoms with van der Waals surface area (Å²) in [5.41, 5.74) is 0.198. The standard InChI is InChI=1S/C18H21N3O7/c1-25-14-9-12(10-15(26-2)17(14)27-3)18(22)28-8-4-7-19-16-6-5-13(11-20-16)21(23)24/h5-6,9-11H,4,7-8H2,1-3H3,(H,19,20). The Balaban J connectivity index is 1.84. The molecule has 0 saturated carbocycles. The predicted octanol–water partition coefficient (Wildman–Crippen LogP) is 2.67. The monoisotopic (exact) mass is 391 g/mol. The van der Waals surface area contributed by atoms with E-state index in [1.165, 1.54) is 51.8 Å². The van der Waals surface area contributed by atoms with E-state index in [4.69, 9.17) is 18.9 Å². The molecule has 0 bridgehead atoms. The summed E-state index contributed by atoms with van der Waals surface area (Å²) in [5.74, 6) is 1.09. The quantitative estimate of drug-likeness (QED) is 0.282. The van der Waals surface area contributed by atoms with Gasteiger partial charge in [0.15, 0.2) is 11.5 Å². The molecule has 2 rings (SSSR count). The third kappa shape index (κ3) is 5.22. The van der Waals surface area contributed by atoms with Crippen molar-refractivity contribution in [3.8, 4) is 17.2 Å². The molecule has 0 aliphatic rings. The first kappa shape index (κ1) is 20.7. The van der Waals surface area contributed by atoms with E-state index >= 15 is 0 Å². The van der Waals surface area contributed by atoms with Gasteiger partial charge in [0.25, 0.3) is 5.69 Å². The Morgan fingerprint density at radius 3 is 2.32 bits per heavy atom. The van der Waals surface area contributed by atoms with Crippen molar-refractivity contribution in [1.82, 2.24) is 4.98 Å². The van der Waals surface area contributed by atoms with Crippen molar-refractivity contribution in [3.05, 3.63) is 46.1 Å². The van der Waals surface area contributed by atoms with Crippen LogP contribution in [-0.2, 0) is 4.74 Å². The number of ether oxygens (including phenoxy) is 4. The van der Waals surface area contributed by atoms with E-state index in [9.17, 15) is 14.9 Å². The maximum atomic E-state index is 12.2. The predicted molar refractivity (Wildman–Crippen MR) is 100 cm³/mol. The lowest BCUT2D eigenvalue weighted by Gasteiger charge is -2.13. The van der Waals surface area contributed by atoms with Gasteiger partial charge in [0.1, 0.15) is 12.0 Å². The van der Waals surface area contributed by atoms with Crippen LogP contribution >= 0.6 is 0 Å². The first-order chi connectivity index (χ1) is 13.5. The molecule has 1 aromatic heterocycles. The third-order valence-corrected chi connectivity index (χ3v) is 3.72. The maximum Gasteiger partial charge on any atom is 0.338 e. The van der Waals surface area contributed by atoms with Gasteiger partial charge < -0.3 is 24.3 Å². The summed E-state index contributed by atoms with van der Waals surface area (Å²) in [4.78, 5) is 26.2. The number of anilines is 1. The highest BCUT2D eigenvalue weighted by molar-refractivity contribution is 5.91. The molecule has 0 atom stereocenters. The molecule has 1 N–H and O–H groups in total. The fraction of sp³-hybridized carbons (Fsp3) is 0.333. The molecule has 1 heterocycles. The van der Waals surface area contributed by atoms with Gasteiger partial charge in [0.2, 0.25) is 5.75 Å². The van der Waals surface area contributed by atoms with Gasteiger partial charge in [0.05, 0.1) is 38.4 Å². The molecule has 0 aliphatic heterocycles. The minimum atomic E-state index is -0.521. The van der Waals surface area contributed by atoms with Gasteiger partial charge in [0, 0.05) is 12.6 Å². The third-order valence-electron chi connectivity index (χ3n) is 3.72. The van der Waals surface area contributed by atoms with Crippen LogP contribution in [0.4, 0.5) is 11.5 Å². The number of carbonyl (C=O) groups is 1. The van der Waals surface area contributed by atoms with Gasteiger partial charge in [-0.25, -0.2) is 9.78 Å². The highest BCUT2D eigenvalue weighted by Crippen LogP contribution is 2.38. The molecule has 0 radical (unpaired) electrons. The van der Waals surface area contributed by atoms with Gasteiger partial charge in [-0.3, -0.25) is 10.1 Å². The molecule has 0 spiro atoms. The fourth-order valence-corrected chi connectivity index (χ4v) is 2.33. The van der Waals surface area contributed by atoms with Crippen molar-refractivity contribution in [2.45, 2.75) is 6.42 Å². The second kappa shape index (κ2) is 9.95. The number of methoxy groups -OCH3 is 3. The van der Waals surface area contributed by atoms with Crippen molar-refractivity contribution in [2.75, 3.05) is 39.8 Å². The fourth-order valence-electron chi connectivity index (χ4n) is 2.33. The largest absolute Gasteiger partial charge is 0.493 e. The number of nitrogens with zero attached hydrogens (tertiary/aromatic N) is 2. The Morgan fingerprint density at radius 1 is 1.14 bits per heavy atom. The van der Waals surface area contributed by atoms with Crippen molar-refractivity contribution in [3.63, 3.8) is 0 Å². The van der Waals surface area contributed by atoms with Gasteiger partial charge in [-0.05, 0) is 24.6 Å². The van der Waals surface area contributed by atoms with Crippen LogP contribution in [0.1, 0.15) is 16.8 Å². The molecule has 10 nitrogen and oxygen atoms in total. The molecule has 10 heteroatoms. The van der Waals surface area contributed by atoms with Crippen molar-refractivity contribution in [2.24, 2.45) is 0 Å². The van der Waals surface area contributed by atoms with Crippen molar-refractivity contribution < 1.29 is 28.7 Å². The number of hydrogen-bond donors (Lipinski definition) is 1. The first-order valence-electron chi connectivity index (χ1n) is 8.31. The summed E-state index contributed by atoms with van der Waals surface area (Å²) in [7, 11) is 4.40. The number of esters is 1. The van der Waals surface area contributed by atoms with E-state index in [1.807, 2.05) is 0 Å². The van der Waals surface area contributed by atoms with Crippen molar-refractivity contribution >= 4 is 17.5 Å². The highest BCUT2D eigenvalue weighted by Gasteiger charge is 2.17. The zero-order chi connectivity index (χ0) is 20.5. The molecule has 0 fully saturated rings. The first-order valence-corrected chi connectivity index (χ1v) is 8.31. The minimum absolute atomic E-state index is 0.0789. The number of nitro groups is 1. The van der Waals surface area contributed by atoms with Crippen LogP contribution in [0.25, 0.3) is 0 Å². The van der Waals surface area contributed by atoms with E-state index in [-0.39, 0.29) is 17.9 Å². The van der Waals surface area contributed by atoms with Crippen LogP contribution in [0.3, 0.4) is 0 Å². The minimum Gasteiger partial charge on any atom is -0.493 e. The maximum absolute atomic E-state index is 12.2. The number of hydrogen-bond acceptors (Lipinski definition) is 9. The second-order valence-electron chi connectivity index (χ2n) is 5.49. The Morgan fingerprint density at radius 2 is 1.82 bits per heavy atom. The highest BCUT2D eigenvalue weighted by atomic mass is 16.6. The Hall–Kier alpha value is -3.56. The van der Waals surface area contributed by atoms with E-state index < -0.39 is 10.9 Å². The molecule has 150 valence electrons. The molecule has 0 unspecified atom stereocenters. The van der Waals surface area contributed by atoms with E-state index in [2.05, 4.69) is 10.3 Å². The van der Waals surface area contributed by atoms with Crippen molar-refractivity contribution in [1.29, 1.82) is 0 Å². The smallest absolute Gasteiger partial charge is 0.338 e. The van der Waals surface area contributed by atoms with Crippen LogP contribution in [0.5, 0.6) is 17.2 Å². The average molecular weight is 391 g/mol. The molecule has 2 aromatic rings. The van der Waals surface area contributed by atoms with Crippen LogP contribution < -0.4 is 19.5 Å². The van der Waals surface area contributed by atoms with Crippen LogP contribution in [0.15, 0.2) is 30.5 Å². The molecule has 0 aliphatic carbocycles. The lowest BCUT2D eigenvalue weighted by atomic mass is 10.2. The topological polar surface area (TPSA) is 122 Å². The molecule has 0 saturated heterocycles. The Labute approximate surface area is 161 Å². The summed E-state index contributed by atoms with van der Waals surface area (Å²) in [6.45, 7) is 0.656. The summed E-state index contributed by atoms with van der Waals surface area (Å²) in [6, 6.07) is 5.91. The van der Waals surface area contributed by atoms with Crippen LogP contribution in [0.2, 0.25) is 0 Å². The second-order valence-corrected chi connectivity index (χ2v) is 5.49. The Kier molecular flexibility index (Phi) is 7.37. The number of benzene rings is 1. The lowest BCUT2D eigenvalue weighted by molar-refractivity contribution is -0.385. The molecular weight excluding hydrogens is 370 g/mol. The van der Waals surface area contributed by atoms with Crippen LogP contribution in [0, 0.1) is 10.1 Å². The zero-order valence-electron chi connectivity index (χ0n) is 15.8. The Bertz CT molecular complexity index is 799. The van der Waals surface area contributed by atoms with E-state index in [0.717, 1.165) is 0 Å². The summed E-state index contributed by atoms with van der Waals surface area (Å²) < 4.78 is 20.9. The number of carbonyl (C=O) groups excluding carboxylic acids is 1. The zero-order valence-corrected chi connectivity index (χ0v) is 15.8. The number of rotatable bonds is 10. The lowest BCUT2D eigenvalue weighted by Crippen LogP contribution is -2.11. The number of nitrogens with one attached hydrogen (secondary N) is 1. The molecule has 28 heavy (non-hydrogen) atoms. The average Bonchev–Trinajstić information content (AvgIpc) is 2.72. The van der Waals surface area contributed by atoms with Gasteiger partial charge in [-0.2, -0.15) is 0 Å². The van der Waals surface area contributed by atoms with Gasteiger partial charge in [-0.1, -0.05) is 0 Å². The van der Waals surface area contributed by atoms with Gasteiger partial charge >= 0.3 is 5.97 Å². The SMILES string of the molecule is COc1cc(C(=O)OCCCNc2ccc([N+](=O)[O-])cn2)cc(OC)c1OC. The van der Waals surface area contributed by atoms with E-state index in [1.54, 1.807) is 0 Å².